The largest absolute Gasteiger partial charge is 0.481 e. The number of urea groups is 1. The van der Waals surface area contributed by atoms with Crippen molar-refractivity contribution in [1.82, 2.24) is 10.2 Å². The maximum Gasteiger partial charge on any atom is 0.317 e. The second kappa shape index (κ2) is 8.29. The van der Waals surface area contributed by atoms with Crippen molar-refractivity contribution in [3.8, 4) is 0 Å². The topological polar surface area (TPSA) is 69.6 Å². The van der Waals surface area contributed by atoms with E-state index in [-0.39, 0.29) is 12.5 Å². The van der Waals surface area contributed by atoms with Crippen LogP contribution in [0, 0.1) is 0 Å². The molecule has 0 saturated carbocycles. The molecule has 1 aromatic rings. The van der Waals surface area contributed by atoms with Gasteiger partial charge >= 0.3 is 12.0 Å². The summed E-state index contributed by atoms with van der Waals surface area (Å²) in [6.45, 7) is 1.82. The van der Waals surface area contributed by atoms with Crippen LogP contribution in [0.2, 0.25) is 5.02 Å². The molecule has 5 nitrogen and oxygen atoms in total. The molecule has 120 valence electrons. The van der Waals surface area contributed by atoms with Crippen LogP contribution < -0.4 is 5.32 Å². The molecule has 1 heterocycles. The number of nitrogens with one attached hydrogen (secondary N) is 1. The minimum Gasteiger partial charge on any atom is -0.481 e. The van der Waals surface area contributed by atoms with Crippen molar-refractivity contribution in [2.45, 2.75) is 29.4 Å². The Balaban J connectivity index is 1.72. The summed E-state index contributed by atoms with van der Waals surface area (Å²) in [5, 5.41) is 12.4. The van der Waals surface area contributed by atoms with E-state index in [0.717, 1.165) is 22.9 Å². The molecule has 1 fully saturated rings. The number of hydrogen-bond acceptors (Lipinski definition) is 3. The SMILES string of the molecule is O=C(O)CCCNC(=O)N1CCC(Sc2cccc(Cl)c2)C1. The van der Waals surface area contributed by atoms with Crippen LogP contribution in [0.1, 0.15) is 19.3 Å². The van der Waals surface area contributed by atoms with Gasteiger partial charge in [-0.3, -0.25) is 4.79 Å². The average molecular weight is 343 g/mol. The molecule has 0 aromatic heterocycles. The maximum absolute atomic E-state index is 12.0. The first-order chi connectivity index (χ1) is 10.5. The van der Waals surface area contributed by atoms with Crippen molar-refractivity contribution in [2.75, 3.05) is 19.6 Å². The molecule has 0 bridgehead atoms. The minimum atomic E-state index is -0.839. The molecule has 1 saturated heterocycles. The molecule has 22 heavy (non-hydrogen) atoms. The lowest BCUT2D eigenvalue weighted by molar-refractivity contribution is -0.137. The summed E-state index contributed by atoms with van der Waals surface area (Å²) in [5.74, 6) is -0.839. The van der Waals surface area contributed by atoms with Crippen molar-refractivity contribution >= 4 is 35.4 Å². The predicted octanol–water partition coefficient (Wildman–Crippen LogP) is 3.08. The van der Waals surface area contributed by atoms with Gasteiger partial charge in [0, 0.05) is 41.2 Å². The molecule has 7 heteroatoms. The van der Waals surface area contributed by atoms with Crippen LogP contribution in [0.25, 0.3) is 0 Å². The molecular weight excluding hydrogens is 324 g/mol. The Labute approximate surface area is 139 Å². The average Bonchev–Trinajstić information content (AvgIpc) is 2.92. The molecular formula is C15H19ClN2O3S. The molecule has 2 N–H and O–H groups in total. The lowest BCUT2D eigenvalue weighted by atomic mass is 10.3. The minimum absolute atomic E-state index is 0.0769. The first-order valence-corrected chi connectivity index (χ1v) is 8.47. The molecule has 0 spiro atoms. The fourth-order valence-electron chi connectivity index (χ4n) is 2.29. The van der Waals surface area contributed by atoms with Crippen LogP contribution in [-0.4, -0.2) is 46.9 Å². The number of nitrogens with zero attached hydrogens (tertiary/aromatic N) is 1. The Morgan fingerprint density at radius 3 is 3.00 bits per heavy atom. The van der Waals surface area contributed by atoms with E-state index < -0.39 is 5.97 Å². The van der Waals surface area contributed by atoms with Gasteiger partial charge < -0.3 is 15.3 Å². The molecule has 2 rings (SSSR count). The molecule has 1 atom stereocenters. The van der Waals surface area contributed by atoms with Gasteiger partial charge in [0.2, 0.25) is 0 Å². The van der Waals surface area contributed by atoms with Crippen molar-refractivity contribution in [1.29, 1.82) is 0 Å². The normalized spacial score (nSPS) is 17.5. The summed E-state index contributed by atoms with van der Waals surface area (Å²) in [4.78, 5) is 25.3. The Hall–Kier alpha value is -1.40. The van der Waals surface area contributed by atoms with Gasteiger partial charge in [0.1, 0.15) is 0 Å². The Kier molecular flexibility index (Phi) is 6.39. The van der Waals surface area contributed by atoms with Gasteiger partial charge in [-0.15, -0.1) is 11.8 Å². The summed E-state index contributed by atoms with van der Waals surface area (Å²) in [7, 11) is 0. The van der Waals surface area contributed by atoms with Gasteiger partial charge in [-0.05, 0) is 31.0 Å². The van der Waals surface area contributed by atoms with Crippen molar-refractivity contribution < 1.29 is 14.7 Å². The third-order valence-corrected chi connectivity index (χ3v) is 4.85. The Bertz CT molecular complexity index is 541. The van der Waals surface area contributed by atoms with Gasteiger partial charge in [-0.1, -0.05) is 17.7 Å². The standard InChI is InChI=1S/C15H19ClN2O3S/c16-11-3-1-4-12(9-11)22-13-6-8-18(10-13)15(21)17-7-2-5-14(19)20/h1,3-4,9,13H,2,5-8,10H2,(H,17,21)(H,19,20). The lowest BCUT2D eigenvalue weighted by Crippen LogP contribution is -2.39. The van der Waals surface area contributed by atoms with Crippen LogP contribution >= 0.6 is 23.4 Å². The third kappa shape index (κ3) is 5.42. The zero-order valence-electron chi connectivity index (χ0n) is 12.1. The second-order valence-corrected chi connectivity index (χ2v) is 6.97. The Morgan fingerprint density at radius 2 is 2.27 bits per heavy atom. The van der Waals surface area contributed by atoms with Gasteiger partial charge in [0.15, 0.2) is 0 Å². The highest BCUT2D eigenvalue weighted by Gasteiger charge is 2.26. The zero-order valence-corrected chi connectivity index (χ0v) is 13.7. The smallest absolute Gasteiger partial charge is 0.317 e. The number of benzene rings is 1. The van der Waals surface area contributed by atoms with Gasteiger partial charge in [-0.25, -0.2) is 4.79 Å². The summed E-state index contributed by atoms with van der Waals surface area (Å²) in [5.41, 5.74) is 0. The van der Waals surface area contributed by atoms with E-state index in [4.69, 9.17) is 16.7 Å². The molecule has 0 radical (unpaired) electrons. The lowest BCUT2D eigenvalue weighted by Gasteiger charge is -2.17. The highest BCUT2D eigenvalue weighted by atomic mass is 35.5. The van der Waals surface area contributed by atoms with Crippen molar-refractivity contribution in [2.24, 2.45) is 0 Å². The summed E-state index contributed by atoms with van der Waals surface area (Å²) in [6.07, 6.45) is 1.48. The van der Waals surface area contributed by atoms with E-state index in [1.807, 2.05) is 24.3 Å². The van der Waals surface area contributed by atoms with E-state index in [2.05, 4.69) is 5.32 Å². The highest BCUT2D eigenvalue weighted by Crippen LogP contribution is 2.31. The fourth-order valence-corrected chi connectivity index (χ4v) is 3.76. The number of thioether (sulfide) groups is 1. The van der Waals surface area contributed by atoms with Crippen molar-refractivity contribution in [3.05, 3.63) is 29.3 Å². The Morgan fingerprint density at radius 1 is 1.45 bits per heavy atom. The number of likely N-dealkylation sites (tertiary alicyclic amines) is 1. The first-order valence-electron chi connectivity index (χ1n) is 7.21. The van der Waals surface area contributed by atoms with Crippen LogP contribution in [0.3, 0.4) is 0 Å². The molecule has 1 aliphatic rings. The number of carbonyl (C=O) groups is 2. The van der Waals surface area contributed by atoms with Crippen molar-refractivity contribution in [3.63, 3.8) is 0 Å². The first kappa shape index (κ1) is 17.0. The fraction of sp³-hybridized carbons (Fsp3) is 0.467. The van der Waals surface area contributed by atoms with Crippen LogP contribution in [0.5, 0.6) is 0 Å². The van der Waals surface area contributed by atoms with Gasteiger partial charge in [0.25, 0.3) is 0 Å². The predicted molar refractivity (Wildman–Crippen MR) is 87.6 cm³/mol. The molecule has 0 aliphatic carbocycles. The number of carboxylic acid groups (broad SMARTS) is 1. The monoisotopic (exact) mass is 342 g/mol. The molecule has 1 unspecified atom stereocenters. The number of halogens is 1. The quantitative estimate of drug-likeness (QED) is 0.779. The molecule has 1 aliphatic heterocycles. The van der Waals surface area contributed by atoms with E-state index in [0.29, 0.717) is 24.8 Å². The van der Waals surface area contributed by atoms with E-state index in [9.17, 15) is 9.59 Å². The summed E-state index contributed by atoms with van der Waals surface area (Å²) >= 11 is 7.71. The van der Waals surface area contributed by atoms with Gasteiger partial charge in [-0.2, -0.15) is 0 Å². The van der Waals surface area contributed by atoms with E-state index in [1.54, 1.807) is 16.7 Å². The maximum atomic E-state index is 12.0. The van der Waals surface area contributed by atoms with Gasteiger partial charge in [0.05, 0.1) is 0 Å². The number of carbonyl (C=O) groups excluding carboxylic acids is 1. The number of aliphatic carboxylic acids is 1. The summed E-state index contributed by atoms with van der Waals surface area (Å²) < 4.78 is 0. The zero-order chi connectivity index (χ0) is 15.9. The van der Waals surface area contributed by atoms with E-state index in [1.165, 1.54) is 0 Å². The van der Waals surface area contributed by atoms with Crippen LogP contribution in [0.15, 0.2) is 29.2 Å². The molecule has 1 aromatic carbocycles. The van der Waals surface area contributed by atoms with Crippen LogP contribution in [-0.2, 0) is 4.79 Å². The number of rotatable bonds is 6. The number of amides is 2. The highest BCUT2D eigenvalue weighted by molar-refractivity contribution is 8.00. The number of hydrogen-bond donors (Lipinski definition) is 2. The van der Waals surface area contributed by atoms with Crippen LogP contribution in [0.4, 0.5) is 4.79 Å². The second-order valence-electron chi connectivity index (χ2n) is 5.16. The molecule has 2 amide bonds. The number of carboxylic acids is 1. The third-order valence-electron chi connectivity index (χ3n) is 3.37. The summed E-state index contributed by atoms with van der Waals surface area (Å²) in [6, 6.07) is 7.61. The van der Waals surface area contributed by atoms with E-state index >= 15 is 0 Å².